The van der Waals surface area contributed by atoms with Crippen LogP contribution in [0.1, 0.15) is 94.9 Å². The monoisotopic (exact) mass is 784 g/mol. The van der Waals surface area contributed by atoms with Crippen LogP contribution in [0.4, 0.5) is 0 Å². The van der Waals surface area contributed by atoms with Crippen LogP contribution >= 0.6 is 11.6 Å². The molecule has 3 saturated heterocycles. The van der Waals surface area contributed by atoms with Crippen LogP contribution in [0.2, 0.25) is 5.02 Å². The van der Waals surface area contributed by atoms with Crippen LogP contribution in [0, 0.1) is 0 Å². The molecule has 1 aliphatic carbocycles. The number of oxazole rings is 1. The molecule has 13 nitrogen and oxygen atoms in total. The lowest BCUT2D eigenvalue weighted by molar-refractivity contribution is -0.145. The van der Waals surface area contributed by atoms with Gasteiger partial charge in [-0.15, -0.1) is 0 Å². The number of aliphatic hydroxyl groups is 1. The van der Waals surface area contributed by atoms with Gasteiger partial charge in [0.15, 0.2) is 12.2 Å². The molecule has 4 aliphatic heterocycles. The summed E-state index contributed by atoms with van der Waals surface area (Å²) >= 11 is 6.80. The van der Waals surface area contributed by atoms with Crippen LogP contribution in [0.25, 0.3) is 0 Å². The van der Waals surface area contributed by atoms with Crippen LogP contribution in [-0.2, 0) is 29.1 Å². The first-order valence-corrected chi connectivity index (χ1v) is 21.5. The van der Waals surface area contributed by atoms with Gasteiger partial charge in [0.2, 0.25) is 5.91 Å². The van der Waals surface area contributed by atoms with Crippen molar-refractivity contribution in [1.29, 1.82) is 0 Å². The van der Waals surface area contributed by atoms with Gasteiger partial charge in [-0.25, -0.2) is 4.98 Å². The van der Waals surface area contributed by atoms with E-state index in [9.17, 15) is 9.90 Å². The number of nitrogens with one attached hydrogen (secondary N) is 3. The lowest BCUT2D eigenvalue weighted by atomic mass is 9.93. The van der Waals surface area contributed by atoms with Gasteiger partial charge in [-0.3, -0.25) is 35.0 Å². The van der Waals surface area contributed by atoms with Crippen LogP contribution in [0.3, 0.4) is 0 Å². The fourth-order valence-electron chi connectivity index (χ4n) is 9.23. The fraction of sp³-hybridized carbons (Fsp3) is 0.756. The first-order chi connectivity index (χ1) is 26.8. The normalized spacial score (nSPS) is 26.7. The smallest absolute Gasteiger partial charge is 0.237 e. The summed E-state index contributed by atoms with van der Waals surface area (Å²) in [4.78, 5) is 28.5. The highest BCUT2D eigenvalue weighted by Gasteiger charge is 2.46. The Morgan fingerprint density at radius 2 is 1.80 bits per heavy atom. The maximum absolute atomic E-state index is 14.6. The standard InChI is InChI=1S/C41H65ClN8O5/c1-29(2)48-16-18-49(19-17-48)41-46-38(45-31-25-53-26-31)20-36(50(41)32-10-8-6-4-3-5-7-9-11-32)40(52)44-21-33(51)24-47-15-14-35-30(23-47)12-13-37(39(35)42)54-27-34-22-43-28-55-34/h12-13,22,28-29,31-33,36,38,41,45-46,51H,3-11,14-21,23-27H2,1-2H3,(H,44,52)/t33-,36?,38?,41?/m0/s1. The van der Waals surface area contributed by atoms with Gasteiger partial charge < -0.3 is 24.3 Å². The number of aliphatic hydroxyl groups excluding tert-OH is 1. The molecule has 4 fully saturated rings. The highest BCUT2D eigenvalue weighted by molar-refractivity contribution is 6.33. The molecule has 5 heterocycles. The van der Waals surface area contributed by atoms with Crippen LogP contribution in [0.15, 0.2) is 29.1 Å². The molecule has 2 aromatic rings. The Labute approximate surface area is 332 Å². The summed E-state index contributed by atoms with van der Waals surface area (Å²) < 4.78 is 16.7. The van der Waals surface area contributed by atoms with Crippen molar-refractivity contribution >= 4 is 17.5 Å². The Morgan fingerprint density at radius 3 is 2.47 bits per heavy atom. The Balaban J connectivity index is 1.01. The maximum Gasteiger partial charge on any atom is 0.237 e. The van der Waals surface area contributed by atoms with Crippen LogP contribution < -0.4 is 20.7 Å². The molecule has 7 rings (SSSR count). The fourth-order valence-corrected chi connectivity index (χ4v) is 9.57. The molecule has 4 atom stereocenters. The van der Waals surface area contributed by atoms with Crippen molar-refractivity contribution in [3.63, 3.8) is 0 Å². The summed E-state index contributed by atoms with van der Waals surface area (Å²) in [5.41, 5.74) is 2.21. The number of halogens is 1. The minimum atomic E-state index is -0.699. The van der Waals surface area contributed by atoms with Crippen molar-refractivity contribution in [1.82, 2.24) is 40.5 Å². The van der Waals surface area contributed by atoms with E-state index in [1.165, 1.54) is 51.3 Å². The Kier molecular flexibility index (Phi) is 14.8. The van der Waals surface area contributed by atoms with Gasteiger partial charge in [-0.2, -0.15) is 0 Å². The molecule has 0 radical (unpaired) electrons. The van der Waals surface area contributed by atoms with Crippen molar-refractivity contribution in [2.45, 2.75) is 140 Å². The zero-order chi connectivity index (χ0) is 38.1. The third-order valence-corrected chi connectivity index (χ3v) is 12.9. The Morgan fingerprint density at radius 1 is 1.05 bits per heavy atom. The molecule has 1 saturated carbocycles. The maximum atomic E-state index is 14.6. The van der Waals surface area contributed by atoms with Crippen molar-refractivity contribution < 1.29 is 23.8 Å². The second-order valence-electron chi connectivity index (χ2n) is 16.7. The zero-order valence-corrected chi connectivity index (χ0v) is 33.9. The summed E-state index contributed by atoms with van der Waals surface area (Å²) in [5, 5.41) is 23.0. The molecular formula is C41H65ClN8O5. The number of carbonyl (C=O) groups is 1. The molecule has 14 heteroatoms. The Hall–Kier alpha value is -2.33. The average molecular weight is 785 g/mol. The highest BCUT2D eigenvalue weighted by Crippen LogP contribution is 2.35. The molecule has 1 aromatic heterocycles. The number of piperazine rings is 1. The first-order valence-electron chi connectivity index (χ1n) is 21.2. The number of rotatable bonds is 13. The van der Waals surface area contributed by atoms with Crippen molar-refractivity contribution in [2.75, 3.05) is 59.0 Å². The van der Waals surface area contributed by atoms with E-state index in [-0.39, 0.29) is 37.6 Å². The van der Waals surface area contributed by atoms with E-state index in [0.717, 1.165) is 63.1 Å². The number of ether oxygens (including phenoxy) is 2. The van der Waals surface area contributed by atoms with Gasteiger partial charge in [-0.1, -0.05) is 62.6 Å². The third-order valence-electron chi connectivity index (χ3n) is 12.5. The molecule has 1 aromatic carbocycles. The molecule has 306 valence electrons. The number of hydrogen-bond acceptors (Lipinski definition) is 12. The summed E-state index contributed by atoms with van der Waals surface area (Å²) in [5.74, 6) is 1.29. The summed E-state index contributed by atoms with van der Waals surface area (Å²) in [7, 11) is 0. The SMILES string of the molecule is CC(C)N1CCN(C2NC(NC3COC3)CC(C(=O)NC[C@H](O)CN3CCc4c(ccc(OCc5cnco5)c4Cl)C3)N2C2CCCCCCCCC2)CC1. The van der Waals surface area contributed by atoms with Crippen molar-refractivity contribution in [3.05, 3.63) is 46.6 Å². The predicted octanol–water partition coefficient (Wildman–Crippen LogP) is 3.92. The minimum absolute atomic E-state index is 0.00760. The van der Waals surface area contributed by atoms with E-state index in [2.05, 4.69) is 60.4 Å². The van der Waals surface area contributed by atoms with Gasteiger partial charge in [0.25, 0.3) is 0 Å². The van der Waals surface area contributed by atoms with E-state index in [4.69, 9.17) is 25.5 Å². The summed E-state index contributed by atoms with van der Waals surface area (Å²) in [6, 6.07) is 4.79. The molecule has 5 aliphatic rings. The first kappa shape index (κ1) is 40.9. The molecule has 3 unspecified atom stereocenters. The van der Waals surface area contributed by atoms with Gasteiger partial charge in [-0.05, 0) is 50.3 Å². The topological polar surface area (TPSA) is 131 Å². The van der Waals surface area contributed by atoms with E-state index < -0.39 is 6.10 Å². The molecule has 55 heavy (non-hydrogen) atoms. The minimum Gasteiger partial charge on any atom is -0.484 e. The van der Waals surface area contributed by atoms with Gasteiger partial charge >= 0.3 is 0 Å². The summed E-state index contributed by atoms with van der Waals surface area (Å²) in [6.45, 7) is 12.3. The summed E-state index contributed by atoms with van der Waals surface area (Å²) in [6.07, 6.45) is 14.8. The largest absolute Gasteiger partial charge is 0.484 e. The van der Waals surface area contributed by atoms with Crippen molar-refractivity contribution in [2.24, 2.45) is 0 Å². The van der Waals surface area contributed by atoms with E-state index in [1.54, 1.807) is 6.20 Å². The number of β-amino-alcohol motifs (C(OH)–C–C–N with tert-alkyl or cyclic N) is 1. The highest BCUT2D eigenvalue weighted by atomic mass is 35.5. The van der Waals surface area contributed by atoms with E-state index in [1.807, 2.05) is 6.07 Å². The van der Waals surface area contributed by atoms with Crippen LogP contribution in [-0.4, -0.2) is 137 Å². The number of fused-ring (bicyclic) bond motifs is 1. The van der Waals surface area contributed by atoms with Gasteiger partial charge in [0.05, 0.1) is 48.8 Å². The number of amides is 1. The zero-order valence-electron chi connectivity index (χ0n) is 33.1. The Bertz CT molecular complexity index is 1480. The lowest BCUT2D eigenvalue weighted by Crippen LogP contribution is -2.75. The predicted molar refractivity (Wildman–Crippen MR) is 213 cm³/mol. The number of carbonyl (C=O) groups excluding carboxylic acids is 1. The molecule has 4 N–H and O–H groups in total. The molecule has 0 bridgehead atoms. The molecular weight excluding hydrogens is 720 g/mol. The van der Waals surface area contributed by atoms with E-state index in [0.29, 0.717) is 67.4 Å². The van der Waals surface area contributed by atoms with Gasteiger partial charge in [0.1, 0.15) is 18.6 Å². The third kappa shape index (κ3) is 10.8. The second-order valence-corrected chi connectivity index (χ2v) is 17.1. The number of benzene rings is 1. The molecule has 0 spiro atoms. The lowest BCUT2D eigenvalue weighted by Gasteiger charge is -2.54. The molecule has 1 amide bonds. The van der Waals surface area contributed by atoms with Crippen molar-refractivity contribution in [3.8, 4) is 5.75 Å². The van der Waals surface area contributed by atoms with E-state index >= 15 is 0 Å². The second kappa shape index (κ2) is 19.9. The average Bonchev–Trinajstić information content (AvgIpc) is 3.71. The number of hydrogen-bond donors (Lipinski definition) is 4. The van der Waals surface area contributed by atoms with Crippen LogP contribution in [0.5, 0.6) is 5.75 Å². The quantitative estimate of drug-likeness (QED) is 0.235. The van der Waals surface area contributed by atoms with Gasteiger partial charge in [0, 0.05) is 70.9 Å². The number of nitrogens with zero attached hydrogens (tertiary/aromatic N) is 5. The number of aromatic nitrogens is 1.